The number of nitrogens with zero attached hydrogens (tertiary/aromatic N) is 4. The van der Waals surface area contributed by atoms with Gasteiger partial charge in [0.25, 0.3) is 5.91 Å². The summed E-state index contributed by atoms with van der Waals surface area (Å²) >= 11 is 0. The zero-order chi connectivity index (χ0) is 17.8. The summed E-state index contributed by atoms with van der Waals surface area (Å²) in [6, 6.07) is 0. The number of hydrogen-bond acceptors (Lipinski definition) is 8. The van der Waals surface area contributed by atoms with Crippen LogP contribution in [-0.4, -0.2) is 59.8 Å². The van der Waals surface area contributed by atoms with Crippen LogP contribution in [0.4, 0.5) is 5.82 Å². The van der Waals surface area contributed by atoms with E-state index in [1.807, 2.05) is 0 Å². The summed E-state index contributed by atoms with van der Waals surface area (Å²) in [4.78, 5) is 23.2. The molecule has 3 heterocycles. The number of nitrogens with one attached hydrogen (secondary N) is 1. The second kappa shape index (κ2) is 7.58. The maximum atomic E-state index is 12.9. The molecule has 1 aliphatic heterocycles. The van der Waals surface area contributed by atoms with E-state index in [-0.39, 0.29) is 24.3 Å². The molecule has 9 nitrogen and oxygen atoms in total. The van der Waals surface area contributed by atoms with Gasteiger partial charge in [0.2, 0.25) is 0 Å². The fraction of sp³-hybridized carbons (Fsp3) is 0.500. The van der Waals surface area contributed by atoms with Crippen molar-refractivity contribution in [2.75, 3.05) is 39.2 Å². The van der Waals surface area contributed by atoms with E-state index in [9.17, 15) is 4.79 Å². The largest absolute Gasteiger partial charge is 0.380 e. The lowest BCUT2D eigenvalue weighted by molar-refractivity contribution is -0.0249. The number of methoxy groups -OCH3 is 1. The van der Waals surface area contributed by atoms with E-state index in [0.717, 1.165) is 0 Å². The van der Waals surface area contributed by atoms with Crippen LogP contribution in [0.3, 0.4) is 0 Å². The van der Waals surface area contributed by atoms with Crippen LogP contribution in [0.25, 0.3) is 0 Å². The molecule has 0 radical (unpaired) electrons. The van der Waals surface area contributed by atoms with Gasteiger partial charge in [-0.25, -0.2) is 4.98 Å². The van der Waals surface area contributed by atoms with Crippen molar-refractivity contribution in [2.24, 2.45) is 0 Å². The SMILES string of the molecule is CNc1nccnc1[C@H]1CN(C(=O)c2noc(C)c2COC)CCO1. The van der Waals surface area contributed by atoms with Gasteiger partial charge in [-0.3, -0.25) is 9.78 Å². The van der Waals surface area contributed by atoms with Crippen LogP contribution in [0.5, 0.6) is 0 Å². The van der Waals surface area contributed by atoms with Gasteiger partial charge in [-0.05, 0) is 6.92 Å². The zero-order valence-corrected chi connectivity index (χ0v) is 14.5. The van der Waals surface area contributed by atoms with Gasteiger partial charge in [-0.15, -0.1) is 0 Å². The zero-order valence-electron chi connectivity index (χ0n) is 14.5. The van der Waals surface area contributed by atoms with Crippen molar-refractivity contribution in [1.82, 2.24) is 20.0 Å². The summed E-state index contributed by atoms with van der Waals surface area (Å²) in [5.41, 5.74) is 1.63. The first kappa shape index (κ1) is 17.3. The van der Waals surface area contributed by atoms with Crippen molar-refractivity contribution in [3.63, 3.8) is 0 Å². The van der Waals surface area contributed by atoms with E-state index in [1.165, 1.54) is 0 Å². The van der Waals surface area contributed by atoms with Gasteiger partial charge >= 0.3 is 0 Å². The van der Waals surface area contributed by atoms with Crippen LogP contribution in [0, 0.1) is 6.92 Å². The van der Waals surface area contributed by atoms with Gasteiger partial charge in [0.1, 0.15) is 23.4 Å². The van der Waals surface area contributed by atoms with Gasteiger partial charge in [-0.2, -0.15) is 0 Å². The molecule has 1 fully saturated rings. The van der Waals surface area contributed by atoms with E-state index >= 15 is 0 Å². The van der Waals surface area contributed by atoms with E-state index in [4.69, 9.17) is 14.0 Å². The number of anilines is 1. The first-order chi connectivity index (χ1) is 12.2. The molecule has 0 unspecified atom stereocenters. The van der Waals surface area contributed by atoms with E-state index in [1.54, 1.807) is 38.4 Å². The Hall–Kier alpha value is -2.52. The molecule has 1 aliphatic rings. The molecule has 2 aromatic rings. The first-order valence-corrected chi connectivity index (χ1v) is 7.99. The average molecular weight is 347 g/mol. The van der Waals surface area contributed by atoms with Crippen molar-refractivity contribution >= 4 is 11.7 Å². The maximum Gasteiger partial charge on any atom is 0.276 e. The third-order valence-corrected chi connectivity index (χ3v) is 4.10. The number of morpholine rings is 1. The Labute approximate surface area is 145 Å². The van der Waals surface area contributed by atoms with Crippen LogP contribution in [-0.2, 0) is 16.1 Å². The molecule has 2 aromatic heterocycles. The molecule has 25 heavy (non-hydrogen) atoms. The highest BCUT2D eigenvalue weighted by molar-refractivity contribution is 5.93. The Balaban J connectivity index is 1.81. The normalized spacial score (nSPS) is 17.6. The number of amides is 1. The lowest BCUT2D eigenvalue weighted by atomic mass is 10.1. The topological polar surface area (TPSA) is 103 Å². The highest BCUT2D eigenvalue weighted by Gasteiger charge is 2.31. The van der Waals surface area contributed by atoms with Crippen molar-refractivity contribution < 1.29 is 18.8 Å². The predicted octanol–water partition coefficient (Wildman–Crippen LogP) is 1.17. The third kappa shape index (κ3) is 3.47. The number of aryl methyl sites for hydroxylation is 1. The summed E-state index contributed by atoms with van der Waals surface area (Å²) in [5, 5.41) is 6.91. The Bertz CT molecular complexity index is 748. The average Bonchev–Trinajstić information content (AvgIpc) is 3.02. The van der Waals surface area contributed by atoms with Gasteiger partial charge in [-0.1, -0.05) is 5.16 Å². The second-order valence-electron chi connectivity index (χ2n) is 5.65. The quantitative estimate of drug-likeness (QED) is 0.860. The summed E-state index contributed by atoms with van der Waals surface area (Å²) in [6.45, 7) is 3.29. The van der Waals surface area contributed by atoms with Crippen molar-refractivity contribution in [3.8, 4) is 0 Å². The molecule has 9 heteroatoms. The molecule has 134 valence electrons. The standard InChI is InChI=1S/C16H21N5O4/c1-10-11(9-23-3)13(20-25-10)16(22)21-6-7-24-12(8-21)14-15(17-2)19-5-4-18-14/h4-5,12H,6-9H2,1-3H3,(H,17,19)/t12-/m1/s1. The minimum Gasteiger partial charge on any atom is -0.380 e. The minimum atomic E-state index is -0.354. The van der Waals surface area contributed by atoms with Crippen molar-refractivity contribution in [3.05, 3.63) is 35.1 Å². The highest BCUT2D eigenvalue weighted by atomic mass is 16.5. The number of hydrogen-bond donors (Lipinski definition) is 1. The van der Waals surface area contributed by atoms with Gasteiger partial charge in [0.05, 0.1) is 25.3 Å². The van der Waals surface area contributed by atoms with Crippen molar-refractivity contribution in [2.45, 2.75) is 19.6 Å². The molecule has 0 aliphatic carbocycles. The van der Waals surface area contributed by atoms with Crippen LogP contribution in [0.15, 0.2) is 16.9 Å². The molecule has 3 rings (SSSR count). The molecule has 1 atom stereocenters. The summed E-state index contributed by atoms with van der Waals surface area (Å²) in [5.74, 6) is 1.02. The monoisotopic (exact) mass is 347 g/mol. The highest BCUT2D eigenvalue weighted by Crippen LogP contribution is 2.26. The smallest absolute Gasteiger partial charge is 0.276 e. The Morgan fingerprint density at radius 1 is 1.44 bits per heavy atom. The van der Waals surface area contributed by atoms with Crippen LogP contribution in [0.1, 0.15) is 33.6 Å². The number of carbonyl (C=O) groups excluding carboxylic acids is 1. The van der Waals surface area contributed by atoms with Crippen LogP contribution < -0.4 is 5.32 Å². The van der Waals surface area contributed by atoms with Crippen LogP contribution >= 0.6 is 0 Å². The number of aromatic nitrogens is 3. The van der Waals surface area contributed by atoms with Crippen molar-refractivity contribution in [1.29, 1.82) is 0 Å². The Kier molecular flexibility index (Phi) is 5.25. The van der Waals surface area contributed by atoms with Gasteiger partial charge in [0.15, 0.2) is 5.69 Å². The second-order valence-corrected chi connectivity index (χ2v) is 5.65. The van der Waals surface area contributed by atoms with E-state index < -0.39 is 0 Å². The molecule has 0 aromatic carbocycles. The lowest BCUT2D eigenvalue weighted by Gasteiger charge is -2.32. The Morgan fingerprint density at radius 3 is 3.00 bits per heavy atom. The molecular weight excluding hydrogens is 326 g/mol. The molecule has 1 saturated heterocycles. The van der Waals surface area contributed by atoms with Crippen LogP contribution in [0.2, 0.25) is 0 Å². The minimum absolute atomic E-state index is 0.202. The molecule has 1 amide bonds. The van der Waals surface area contributed by atoms with Gasteiger partial charge < -0.3 is 24.2 Å². The first-order valence-electron chi connectivity index (χ1n) is 7.99. The van der Waals surface area contributed by atoms with Gasteiger partial charge in [0, 0.05) is 33.1 Å². The molecule has 0 saturated carbocycles. The predicted molar refractivity (Wildman–Crippen MR) is 88.1 cm³/mol. The molecule has 0 spiro atoms. The Morgan fingerprint density at radius 2 is 2.24 bits per heavy atom. The maximum absolute atomic E-state index is 12.9. The van der Waals surface area contributed by atoms with E-state index in [0.29, 0.717) is 42.5 Å². The summed E-state index contributed by atoms with van der Waals surface area (Å²) < 4.78 is 16.1. The third-order valence-electron chi connectivity index (χ3n) is 4.10. The number of carbonyl (C=O) groups is 1. The lowest BCUT2D eigenvalue weighted by Crippen LogP contribution is -2.43. The molecule has 0 bridgehead atoms. The van der Waals surface area contributed by atoms with E-state index in [2.05, 4.69) is 20.4 Å². The number of rotatable bonds is 5. The molecular formula is C16H21N5O4. The summed E-state index contributed by atoms with van der Waals surface area (Å²) in [7, 11) is 3.34. The fourth-order valence-corrected chi connectivity index (χ4v) is 2.80. The number of ether oxygens (including phenoxy) is 2. The summed E-state index contributed by atoms with van der Waals surface area (Å²) in [6.07, 6.45) is 2.86. The fourth-order valence-electron chi connectivity index (χ4n) is 2.80. The molecule has 1 N–H and O–H groups in total.